The molecule has 28 heavy (non-hydrogen) atoms. The molecule has 0 radical (unpaired) electrons. The van der Waals surface area contributed by atoms with Crippen LogP contribution in [-0.2, 0) is 15.8 Å². The summed E-state index contributed by atoms with van der Waals surface area (Å²) in [4.78, 5) is 37.0. The number of hydrogen-bond donors (Lipinski definition) is 1. The summed E-state index contributed by atoms with van der Waals surface area (Å²) in [6.07, 6.45) is -3.69. The lowest BCUT2D eigenvalue weighted by atomic mass is 9.91. The zero-order valence-corrected chi connectivity index (χ0v) is 14.4. The molecule has 0 saturated heterocycles. The standard InChI is InChI=1S/C20H14F3NO4/c21-20(22,23)13-5-3-4-12(10-13)11-16-14-6-1-2-7-15(14)18(27)24(19(16)28)9-8-17(25)26/h1-7,10-11H,8-9H2,(H,25,26)/b16-11-. The minimum Gasteiger partial charge on any atom is -0.481 e. The fraction of sp³-hybridized carbons (Fsp3) is 0.150. The molecule has 8 heteroatoms. The van der Waals surface area contributed by atoms with Crippen molar-refractivity contribution in [1.82, 2.24) is 4.90 Å². The van der Waals surface area contributed by atoms with E-state index >= 15 is 0 Å². The van der Waals surface area contributed by atoms with Crippen molar-refractivity contribution in [3.8, 4) is 0 Å². The third-order valence-electron chi connectivity index (χ3n) is 4.24. The second-order valence-electron chi connectivity index (χ2n) is 6.13. The first kappa shape index (κ1) is 19.3. The lowest BCUT2D eigenvalue weighted by molar-refractivity contribution is -0.138. The third-order valence-corrected chi connectivity index (χ3v) is 4.24. The predicted octanol–water partition coefficient (Wildman–Crippen LogP) is 3.70. The van der Waals surface area contributed by atoms with Crippen molar-refractivity contribution in [3.05, 3.63) is 70.8 Å². The van der Waals surface area contributed by atoms with Crippen LogP contribution in [0.25, 0.3) is 11.6 Å². The van der Waals surface area contributed by atoms with Crippen LogP contribution < -0.4 is 0 Å². The van der Waals surface area contributed by atoms with Gasteiger partial charge in [-0.05, 0) is 35.4 Å². The van der Waals surface area contributed by atoms with Crippen molar-refractivity contribution in [1.29, 1.82) is 0 Å². The molecule has 2 aromatic rings. The van der Waals surface area contributed by atoms with Crippen LogP contribution in [0.15, 0.2) is 48.5 Å². The molecule has 0 spiro atoms. The average Bonchev–Trinajstić information content (AvgIpc) is 2.64. The molecule has 0 fully saturated rings. The van der Waals surface area contributed by atoms with Crippen molar-refractivity contribution >= 4 is 29.4 Å². The van der Waals surface area contributed by atoms with Gasteiger partial charge in [0.2, 0.25) is 0 Å². The van der Waals surface area contributed by atoms with Crippen LogP contribution in [-0.4, -0.2) is 34.3 Å². The maximum absolute atomic E-state index is 13.0. The van der Waals surface area contributed by atoms with E-state index in [-0.39, 0.29) is 23.2 Å². The van der Waals surface area contributed by atoms with Gasteiger partial charge >= 0.3 is 12.1 Å². The molecular formula is C20H14F3NO4. The lowest BCUT2D eigenvalue weighted by Crippen LogP contribution is -2.42. The van der Waals surface area contributed by atoms with E-state index in [0.717, 1.165) is 17.0 Å². The third kappa shape index (κ3) is 3.80. The molecule has 144 valence electrons. The van der Waals surface area contributed by atoms with Crippen LogP contribution in [0.2, 0.25) is 0 Å². The van der Waals surface area contributed by atoms with Crippen molar-refractivity contribution in [2.24, 2.45) is 0 Å². The van der Waals surface area contributed by atoms with E-state index < -0.39 is 35.9 Å². The molecule has 2 amide bonds. The predicted molar refractivity (Wildman–Crippen MR) is 94.1 cm³/mol. The Hall–Kier alpha value is -3.42. The molecule has 1 aliphatic heterocycles. The van der Waals surface area contributed by atoms with Crippen LogP contribution in [0.4, 0.5) is 13.2 Å². The summed E-state index contributed by atoms with van der Waals surface area (Å²) in [6, 6.07) is 10.7. The van der Waals surface area contributed by atoms with Crippen LogP contribution in [0.5, 0.6) is 0 Å². The Morgan fingerprint density at radius 2 is 1.68 bits per heavy atom. The Morgan fingerprint density at radius 3 is 2.32 bits per heavy atom. The van der Waals surface area contributed by atoms with Gasteiger partial charge in [0.05, 0.1) is 12.0 Å². The number of nitrogens with zero attached hydrogens (tertiary/aromatic N) is 1. The first-order chi connectivity index (χ1) is 13.2. The maximum Gasteiger partial charge on any atom is 0.416 e. The number of alkyl halides is 3. The minimum absolute atomic E-state index is 0.0277. The fourth-order valence-corrected chi connectivity index (χ4v) is 2.92. The lowest BCUT2D eigenvalue weighted by Gasteiger charge is -2.28. The zero-order chi connectivity index (χ0) is 20.5. The number of carboxylic acid groups (broad SMARTS) is 1. The molecule has 0 unspecified atom stereocenters. The van der Waals surface area contributed by atoms with Gasteiger partial charge in [-0.3, -0.25) is 19.3 Å². The second kappa shape index (κ2) is 7.30. The molecule has 1 heterocycles. The van der Waals surface area contributed by atoms with Crippen LogP contribution in [0.3, 0.4) is 0 Å². The molecule has 0 aromatic heterocycles. The van der Waals surface area contributed by atoms with Gasteiger partial charge in [-0.1, -0.05) is 30.3 Å². The van der Waals surface area contributed by atoms with Gasteiger partial charge in [-0.25, -0.2) is 0 Å². The second-order valence-corrected chi connectivity index (χ2v) is 6.13. The summed E-state index contributed by atoms with van der Waals surface area (Å²) < 4.78 is 38.9. The summed E-state index contributed by atoms with van der Waals surface area (Å²) in [5.74, 6) is -2.56. The maximum atomic E-state index is 13.0. The number of carbonyl (C=O) groups is 3. The van der Waals surface area contributed by atoms with Gasteiger partial charge in [0.15, 0.2) is 0 Å². The number of rotatable bonds is 4. The minimum atomic E-state index is -4.54. The van der Waals surface area contributed by atoms with E-state index in [1.54, 1.807) is 12.1 Å². The van der Waals surface area contributed by atoms with Gasteiger partial charge in [-0.2, -0.15) is 13.2 Å². The highest BCUT2D eigenvalue weighted by Gasteiger charge is 2.35. The number of hydrogen-bond acceptors (Lipinski definition) is 3. The number of halogens is 3. The normalized spacial score (nSPS) is 15.7. The Kier molecular flexibility index (Phi) is 5.04. The van der Waals surface area contributed by atoms with E-state index in [0.29, 0.717) is 5.56 Å². The van der Waals surface area contributed by atoms with Crippen LogP contribution >= 0.6 is 0 Å². The Labute approximate surface area is 157 Å². The molecule has 0 aliphatic carbocycles. The Morgan fingerprint density at radius 1 is 1.00 bits per heavy atom. The summed E-state index contributed by atoms with van der Waals surface area (Å²) in [7, 11) is 0. The number of amides is 2. The molecule has 0 saturated carbocycles. The highest BCUT2D eigenvalue weighted by molar-refractivity contribution is 6.33. The van der Waals surface area contributed by atoms with E-state index in [1.807, 2.05) is 0 Å². The van der Waals surface area contributed by atoms with E-state index in [1.165, 1.54) is 30.3 Å². The molecule has 5 nitrogen and oxygen atoms in total. The monoisotopic (exact) mass is 389 g/mol. The van der Waals surface area contributed by atoms with Crippen molar-refractivity contribution < 1.29 is 32.7 Å². The van der Waals surface area contributed by atoms with Gasteiger partial charge in [0.25, 0.3) is 11.8 Å². The Balaban J connectivity index is 2.09. The summed E-state index contributed by atoms with van der Waals surface area (Å²) in [5, 5.41) is 8.85. The zero-order valence-electron chi connectivity index (χ0n) is 14.4. The van der Waals surface area contributed by atoms with E-state index in [2.05, 4.69) is 0 Å². The smallest absolute Gasteiger partial charge is 0.416 e. The summed E-state index contributed by atoms with van der Waals surface area (Å²) >= 11 is 0. The molecular weight excluding hydrogens is 375 g/mol. The molecule has 3 rings (SSSR count). The Bertz CT molecular complexity index is 995. The van der Waals surface area contributed by atoms with Crippen molar-refractivity contribution in [3.63, 3.8) is 0 Å². The molecule has 2 aromatic carbocycles. The highest BCUT2D eigenvalue weighted by atomic mass is 19.4. The first-order valence-electron chi connectivity index (χ1n) is 8.25. The molecule has 0 bridgehead atoms. The van der Waals surface area contributed by atoms with Crippen LogP contribution in [0.1, 0.15) is 33.5 Å². The number of fused-ring (bicyclic) bond motifs is 1. The number of carbonyl (C=O) groups excluding carboxylic acids is 2. The van der Waals surface area contributed by atoms with Gasteiger partial charge < -0.3 is 5.11 Å². The van der Waals surface area contributed by atoms with E-state index in [4.69, 9.17) is 5.11 Å². The van der Waals surface area contributed by atoms with Gasteiger partial charge in [-0.15, -0.1) is 0 Å². The van der Waals surface area contributed by atoms with Gasteiger partial charge in [0.1, 0.15) is 0 Å². The largest absolute Gasteiger partial charge is 0.481 e. The number of carboxylic acids is 1. The molecule has 0 atom stereocenters. The topological polar surface area (TPSA) is 74.7 Å². The first-order valence-corrected chi connectivity index (χ1v) is 8.25. The van der Waals surface area contributed by atoms with Crippen molar-refractivity contribution in [2.45, 2.75) is 12.6 Å². The van der Waals surface area contributed by atoms with E-state index in [9.17, 15) is 27.6 Å². The SMILES string of the molecule is O=C(O)CCN1C(=O)/C(=C\c2cccc(C(F)(F)F)c2)c2ccccc2C1=O. The molecule has 1 aliphatic rings. The quantitative estimate of drug-likeness (QED) is 0.639. The number of aliphatic carboxylic acids is 1. The van der Waals surface area contributed by atoms with Crippen LogP contribution in [0, 0.1) is 0 Å². The summed E-state index contributed by atoms with van der Waals surface area (Å²) in [5.41, 5.74) is -0.218. The molecule has 1 N–H and O–H groups in total. The average molecular weight is 389 g/mol. The number of imide groups is 1. The number of benzene rings is 2. The highest BCUT2D eigenvalue weighted by Crippen LogP contribution is 2.33. The van der Waals surface area contributed by atoms with Crippen molar-refractivity contribution in [2.75, 3.05) is 6.54 Å². The van der Waals surface area contributed by atoms with Gasteiger partial charge in [0, 0.05) is 17.7 Å². The summed E-state index contributed by atoms with van der Waals surface area (Å²) in [6.45, 7) is -0.332. The fourth-order valence-electron chi connectivity index (χ4n) is 2.92.